The molecule has 1 saturated heterocycles. The molecule has 0 atom stereocenters. The van der Waals surface area contributed by atoms with Crippen molar-refractivity contribution in [3.05, 3.63) is 68.5 Å². The number of carbonyl (C=O) groups excluding carboxylic acids is 1. The Morgan fingerprint density at radius 1 is 1.15 bits per heavy atom. The van der Waals surface area contributed by atoms with E-state index in [4.69, 9.17) is 4.74 Å². The summed E-state index contributed by atoms with van der Waals surface area (Å²) in [6.07, 6.45) is 1.64. The average Bonchev–Trinajstić information content (AvgIpc) is 2.66. The van der Waals surface area contributed by atoms with Crippen LogP contribution in [-0.2, 0) is 17.8 Å². The highest BCUT2D eigenvalue weighted by molar-refractivity contribution is 9.10. The zero-order valence-electron chi connectivity index (χ0n) is 14.5. The summed E-state index contributed by atoms with van der Waals surface area (Å²) in [5.41, 5.74) is 1.40. The van der Waals surface area contributed by atoms with Gasteiger partial charge in [0.25, 0.3) is 11.5 Å². The summed E-state index contributed by atoms with van der Waals surface area (Å²) in [6, 6.07) is 10.8. The molecular formula is C19H22BrN3O3. The predicted octanol–water partition coefficient (Wildman–Crippen LogP) is 1.87. The van der Waals surface area contributed by atoms with Crippen LogP contribution in [0.2, 0.25) is 0 Å². The van der Waals surface area contributed by atoms with E-state index in [0.717, 1.165) is 42.9 Å². The van der Waals surface area contributed by atoms with E-state index in [1.165, 1.54) is 6.07 Å². The van der Waals surface area contributed by atoms with Crippen molar-refractivity contribution in [3.63, 3.8) is 0 Å². The molecule has 1 aromatic carbocycles. The highest BCUT2D eigenvalue weighted by Gasteiger charge is 2.12. The number of ether oxygens (including phenoxy) is 1. The number of carbonyl (C=O) groups is 1. The molecule has 0 unspecified atom stereocenters. The molecule has 26 heavy (non-hydrogen) atoms. The summed E-state index contributed by atoms with van der Waals surface area (Å²) in [5, 5.41) is 2.89. The van der Waals surface area contributed by atoms with Crippen LogP contribution in [0.4, 0.5) is 0 Å². The van der Waals surface area contributed by atoms with Gasteiger partial charge >= 0.3 is 0 Å². The lowest BCUT2D eigenvalue weighted by atomic mass is 10.2. The number of halogens is 1. The molecule has 6 nitrogen and oxygen atoms in total. The first-order valence-electron chi connectivity index (χ1n) is 8.65. The largest absolute Gasteiger partial charge is 0.379 e. The minimum atomic E-state index is -0.190. The number of amides is 1. The van der Waals surface area contributed by atoms with Crippen LogP contribution in [0.3, 0.4) is 0 Å². The molecule has 0 radical (unpaired) electrons. The van der Waals surface area contributed by atoms with Crippen LogP contribution in [0.5, 0.6) is 0 Å². The Morgan fingerprint density at radius 2 is 1.96 bits per heavy atom. The molecule has 0 saturated carbocycles. The standard InChI is InChI=1S/C19H22BrN3O3/c20-17-3-1-2-15(12-17)13-21-19(25)16-4-5-18(24)23(14-16)7-6-22-8-10-26-11-9-22/h1-5,12,14H,6-11,13H2,(H,21,25). The number of nitrogens with one attached hydrogen (secondary N) is 1. The molecule has 0 aliphatic carbocycles. The summed E-state index contributed by atoms with van der Waals surface area (Å²) in [7, 11) is 0. The van der Waals surface area contributed by atoms with Crippen molar-refractivity contribution in [3.8, 4) is 0 Å². The third-order valence-corrected chi connectivity index (χ3v) is 4.84. The van der Waals surface area contributed by atoms with Gasteiger partial charge in [0.1, 0.15) is 0 Å². The van der Waals surface area contributed by atoms with Gasteiger partial charge < -0.3 is 14.6 Å². The van der Waals surface area contributed by atoms with Gasteiger partial charge in [-0.05, 0) is 23.8 Å². The van der Waals surface area contributed by atoms with Gasteiger partial charge in [-0.15, -0.1) is 0 Å². The molecular weight excluding hydrogens is 398 g/mol. The van der Waals surface area contributed by atoms with Crippen molar-refractivity contribution in [1.82, 2.24) is 14.8 Å². The second kappa shape index (κ2) is 9.12. The molecule has 3 rings (SSSR count). The highest BCUT2D eigenvalue weighted by atomic mass is 79.9. The first kappa shape index (κ1) is 18.8. The van der Waals surface area contributed by atoms with Gasteiger partial charge in [0.05, 0.1) is 18.8 Å². The van der Waals surface area contributed by atoms with E-state index in [1.54, 1.807) is 16.8 Å². The third-order valence-electron chi connectivity index (χ3n) is 4.35. The highest BCUT2D eigenvalue weighted by Crippen LogP contribution is 2.11. The second-order valence-corrected chi connectivity index (χ2v) is 7.13. The molecule has 7 heteroatoms. The normalized spacial score (nSPS) is 15.0. The van der Waals surface area contributed by atoms with E-state index >= 15 is 0 Å². The maximum atomic E-state index is 12.4. The molecule has 0 spiro atoms. The molecule has 1 aliphatic rings. The number of morpholine rings is 1. The molecule has 1 aromatic heterocycles. The van der Waals surface area contributed by atoms with E-state index in [0.29, 0.717) is 18.7 Å². The lowest BCUT2D eigenvalue weighted by molar-refractivity contribution is 0.0363. The Labute approximate surface area is 160 Å². The number of benzene rings is 1. The monoisotopic (exact) mass is 419 g/mol. The van der Waals surface area contributed by atoms with E-state index in [1.807, 2.05) is 24.3 Å². The first-order chi connectivity index (χ1) is 12.6. The number of nitrogens with zero attached hydrogens (tertiary/aromatic N) is 2. The van der Waals surface area contributed by atoms with Crippen molar-refractivity contribution in [2.45, 2.75) is 13.1 Å². The molecule has 2 heterocycles. The van der Waals surface area contributed by atoms with Crippen LogP contribution < -0.4 is 10.9 Å². The van der Waals surface area contributed by atoms with E-state index in [9.17, 15) is 9.59 Å². The fourth-order valence-corrected chi connectivity index (χ4v) is 3.29. The van der Waals surface area contributed by atoms with Crippen molar-refractivity contribution >= 4 is 21.8 Å². The van der Waals surface area contributed by atoms with Gasteiger partial charge in [-0.3, -0.25) is 14.5 Å². The molecule has 1 N–H and O–H groups in total. The smallest absolute Gasteiger partial charge is 0.253 e. The summed E-state index contributed by atoms with van der Waals surface area (Å²) < 4.78 is 7.90. The molecule has 0 bridgehead atoms. The van der Waals surface area contributed by atoms with E-state index < -0.39 is 0 Å². The van der Waals surface area contributed by atoms with Crippen LogP contribution in [0, 0.1) is 0 Å². The molecule has 1 aliphatic heterocycles. The SMILES string of the molecule is O=C(NCc1cccc(Br)c1)c1ccc(=O)n(CCN2CCOCC2)c1. The molecule has 138 valence electrons. The summed E-state index contributed by atoms with van der Waals surface area (Å²) in [4.78, 5) is 26.7. The predicted molar refractivity (Wildman–Crippen MR) is 103 cm³/mol. The summed E-state index contributed by atoms with van der Waals surface area (Å²) in [5.74, 6) is -0.190. The Balaban J connectivity index is 1.60. The van der Waals surface area contributed by atoms with Gasteiger partial charge in [-0.2, -0.15) is 0 Å². The third kappa shape index (κ3) is 5.27. The van der Waals surface area contributed by atoms with Crippen molar-refractivity contribution in [2.75, 3.05) is 32.8 Å². The van der Waals surface area contributed by atoms with Gasteiger partial charge in [-0.25, -0.2) is 0 Å². The molecule has 2 aromatic rings. The maximum Gasteiger partial charge on any atom is 0.253 e. The zero-order chi connectivity index (χ0) is 18.4. The van der Waals surface area contributed by atoms with Gasteiger partial charge in [-0.1, -0.05) is 28.1 Å². The zero-order valence-corrected chi connectivity index (χ0v) is 16.1. The first-order valence-corrected chi connectivity index (χ1v) is 9.44. The van der Waals surface area contributed by atoms with Gasteiger partial charge in [0, 0.05) is 49.5 Å². The number of rotatable bonds is 6. The summed E-state index contributed by atoms with van der Waals surface area (Å²) in [6.45, 7) is 4.98. The lowest BCUT2D eigenvalue weighted by Crippen LogP contribution is -2.39. The maximum absolute atomic E-state index is 12.4. The van der Waals surface area contributed by atoms with Crippen molar-refractivity contribution < 1.29 is 9.53 Å². The van der Waals surface area contributed by atoms with Gasteiger partial charge in [0.15, 0.2) is 0 Å². The topological polar surface area (TPSA) is 63.6 Å². The summed E-state index contributed by atoms with van der Waals surface area (Å²) >= 11 is 3.42. The second-order valence-electron chi connectivity index (χ2n) is 6.22. The van der Waals surface area contributed by atoms with Crippen LogP contribution in [0.15, 0.2) is 51.9 Å². The quantitative estimate of drug-likeness (QED) is 0.775. The Kier molecular flexibility index (Phi) is 6.60. The number of hydrogen-bond donors (Lipinski definition) is 1. The molecule has 1 fully saturated rings. The Hall–Kier alpha value is -1.96. The lowest BCUT2D eigenvalue weighted by Gasteiger charge is -2.26. The van der Waals surface area contributed by atoms with E-state index in [-0.39, 0.29) is 11.5 Å². The minimum Gasteiger partial charge on any atom is -0.379 e. The van der Waals surface area contributed by atoms with Crippen LogP contribution in [0.1, 0.15) is 15.9 Å². The Bertz CT molecular complexity index is 816. The van der Waals surface area contributed by atoms with E-state index in [2.05, 4.69) is 26.1 Å². The average molecular weight is 420 g/mol. The fraction of sp³-hybridized carbons (Fsp3) is 0.368. The van der Waals surface area contributed by atoms with Crippen LogP contribution in [-0.4, -0.2) is 48.2 Å². The van der Waals surface area contributed by atoms with Crippen molar-refractivity contribution in [2.24, 2.45) is 0 Å². The number of hydrogen-bond acceptors (Lipinski definition) is 4. The fourth-order valence-electron chi connectivity index (χ4n) is 2.85. The molecule has 1 amide bonds. The minimum absolute atomic E-state index is 0.0956. The Morgan fingerprint density at radius 3 is 2.73 bits per heavy atom. The van der Waals surface area contributed by atoms with Crippen molar-refractivity contribution in [1.29, 1.82) is 0 Å². The van der Waals surface area contributed by atoms with Gasteiger partial charge in [0.2, 0.25) is 0 Å². The number of aromatic nitrogens is 1. The number of pyridine rings is 1. The van der Waals surface area contributed by atoms with Crippen LogP contribution in [0.25, 0.3) is 0 Å². The van der Waals surface area contributed by atoms with Crippen LogP contribution >= 0.6 is 15.9 Å².